The summed E-state index contributed by atoms with van der Waals surface area (Å²) in [6, 6.07) is 14.0. The zero-order valence-electron chi connectivity index (χ0n) is 14.7. The van der Waals surface area contributed by atoms with Gasteiger partial charge in [-0.2, -0.15) is 0 Å². The van der Waals surface area contributed by atoms with Crippen molar-refractivity contribution in [3.8, 4) is 11.5 Å². The average molecular weight is 340 g/mol. The van der Waals surface area contributed by atoms with Gasteiger partial charge in [-0.05, 0) is 30.7 Å². The highest BCUT2D eigenvalue weighted by Crippen LogP contribution is 2.33. The molecular formula is C20H24N2O3. The Morgan fingerprint density at radius 2 is 1.96 bits per heavy atom. The Labute approximate surface area is 148 Å². The SMILES string of the molecule is CC(=O)Nc1cccc(C(C)NCc2cccc3c2OCCCO3)c1. The summed E-state index contributed by atoms with van der Waals surface area (Å²) in [7, 11) is 0. The fourth-order valence-electron chi connectivity index (χ4n) is 2.86. The standard InChI is InChI=1S/C20H24N2O3/c1-14(16-6-3-8-18(12-16)22-15(2)23)21-13-17-7-4-9-19-20(17)25-11-5-10-24-19/h3-4,6-9,12,14,21H,5,10-11,13H2,1-2H3,(H,22,23). The number of carbonyl (C=O) groups is 1. The third-order valence-corrected chi connectivity index (χ3v) is 4.16. The monoisotopic (exact) mass is 340 g/mol. The van der Waals surface area contributed by atoms with Gasteiger partial charge in [-0.3, -0.25) is 4.79 Å². The summed E-state index contributed by atoms with van der Waals surface area (Å²) in [6.45, 7) is 5.66. The van der Waals surface area contributed by atoms with Crippen molar-refractivity contribution in [2.24, 2.45) is 0 Å². The van der Waals surface area contributed by atoms with E-state index in [1.54, 1.807) is 0 Å². The van der Waals surface area contributed by atoms with Crippen LogP contribution in [0.5, 0.6) is 11.5 Å². The molecule has 2 aromatic carbocycles. The van der Waals surface area contributed by atoms with Crippen LogP contribution in [0, 0.1) is 0 Å². The van der Waals surface area contributed by atoms with E-state index in [2.05, 4.69) is 23.6 Å². The molecule has 0 saturated carbocycles. The molecule has 0 fully saturated rings. The zero-order valence-corrected chi connectivity index (χ0v) is 14.7. The first-order chi connectivity index (χ1) is 12.1. The fraction of sp³-hybridized carbons (Fsp3) is 0.350. The van der Waals surface area contributed by atoms with Gasteiger partial charge in [-0.25, -0.2) is 0 Å². The summed E-state index contributed by atoms with van der Waals surface area (Å²) in [5.74, 6) is 1.59. The summed E-state index contributed by atoms with van der Waals surface area (Å²) in [5.41, 5.74) is 3.01. The van der Waals surface area contributed by atoms with Crippen molar-refractivity contribution in [1.29, 1.82) is 0 Å². The van der Waals surface area contributed by atoms with E-state index in [9.17, 15) is 4.79 Å². The van der Waals surface area contributed by atoms with Crippen LogP contribution in [0.15, 0.2) is 42.5 Å². The van der Waals surface area contributed by atoms with Gasteiger partial charge < -0.3 is 20.1 Å². The first-order valence-electron chi connectivity index (χ1n) is 8.62. The Bertz CT molecular complexity index is 745. The molecule has 1 aliphatic heterocycles. The number of rotatable bonds is 5. The third-order valence-electron chi connectivity index (χ3n) is 4.16. The predicted molar refractivity (Wildman–Crippen MR) is 98.0 cm³/mol. The molecule has 1 aliphatic rings. The number of anilines is 1. The Kier molecular flexibility index (Phi) is 5.56. The minimum atomic E-state index is -0.0677. The smallest absolute Gasteiger partial charge is 0.221 e. The first-order valence-corrected chi connectivity index (χ1v) is 8.62. The van der Waals surface area contributed by atoms with E-state index in [1.807, 2.05) is 36.4 Å². The van der Waals surface area contributed by atoms with Gasteiger partial charge in [0.1, 0.15) is 0 Å². The minimum Gasteiger partial charge on any atom is -0.490 e. The van der Waals surface area contributed by atoms with Crippen molar-refractivity contribution in [3.05, 3.63) is 53.6 Å². The van der Waals surface area contributed by atoms with E-state index in [0.717, 1.165) is 34.7 Å². The lowest BCUT2D eigenvalue weighted by Crippen LogP contribution is -2.19. The molecule has 5 nitrogen and oxygen atoms in total. The maximum absolute atomic E-state index is 11.2. The van der Waals surface area contributed by atoms with E-state index in [4.69, 9.17) is 9.47 Å². The van der Waals surface area contributed by atoms with E-state index in [-0.39, 0.29) is 11.9 Å². The number of fused-ring (bicyclic) bond motifs is 1. The van der Waals surface area contributed by atoms with Crippen LogP contribution in [-0.2, 0) is 11.3 Å². The molecule has 3 rings (SSSR count). The van der Waals surface area contributed by atoms with Gasteiger partial charge in [-0.15, -0.1) is 0 Å². The van der Waals surface area contributed by atoms with Crippen LogP contribution < -0.4 is 20.1 Å². The summed E-state index contributed by atoms with van der Waals surface area (Å²) in [4.78, 5) is 11.2. The second-order valence-electron chi connectivity index (χ2n) is 6.20. The maximum atomic E-state index is 11.2. The van der Waals surface area contributed by atoms with Crippen LogP contribution in [0.4, 0.5) is 5.69 Å². The number of para-hydroxylation sites is 1. The Morgan fingerprint density at radius 3 is 2.80 bits per heavy atom. The topological polar surface area (TPSA) is 59.6 Å². The molecule has 0 aliphatic carbocycles. The molecule has 0 spiro atoms. The van der Waals surface area contributed by atoms with Crippen molar-refractivity contribution in [1.82, 2.24) is 5.32 Å². The van der Waals surface area contributed by atoms with Gasteiger partial charge in [0.05, 0.1) is 13.2 Å². The highest BCUT2D eigenvalue weighted by atomic mass is 16.5. The number of nitrogens with one attached hydrogen (secondary N) is 2. The molecule has 1 atom stereocenters. The second-order valence-corrected chi connectivity index (χ2v) is 6.20. The molecule has 2 aromatic rings. The fourth-order valence-corrected chi connectivity index (χ4v) is 2.86. The Morgan fingerprint density at radius 1 is 1.16 bits per heavy atom. The summed E-state index contributed by atoms with van der Waals surface area (Å²) in [5, 5.41) is 6.34. The quantitative estimate of drug-likeness (QED) is 0.872. The molecule has 1 amide bonds. The van der Waals surface area contributed by atoms with Crippen molar-refractivity contribution in [3.63, 3.8) is 0 Å². The molecule has 1 unspecified atom stereocenters. The zero-order chi connectivity index (χ0) is 17.6. The van der Waals surface area contributed by atoms with Gasteiger partial charge in [0.2, 0.25) is 5.91 Å². The van der Waals surface area contributed by atoms with Gasteiger partial charge in [0.25, 0.3) is 0 Å². The van der Waals surface area contributed by atoms with Crippen LogP contribution in [0.3, 0.4) is 0 Å². The van der Waals surface area contributed by atoms with Gasteiger partial charge in [0, 0.05) is 37.2 Å². The van der Waals surface area contributed by atoms with E-state index >= 15 is 0 Å². The highest BCUT2D eigenvalue weighted by Gasteiger charge is 2.15. The van der Waals surface area contributed by atoms with Crippen molar-refractivity contribution >= 4 is 11.6 Å². The number of carbonyl (C=O) groups excluding carboxylic acids is 1. The van der Waals surface area contributed by atoms with Crippen LogP contribution in [-0.4, -0.2) is 19.1 Å². The summed E-state index contributed by atoms with van der Waals surface area (Å²) >= 11 is 0. The molecule has 0 aromatic heterocycles. The molecule has 1 heterocycles. The summed E-state index contributed by atoms with van der Waals surface area (Å²) in [6.07, 6.45) is 0.897. The number of hydrogen-bond donors (Lipinski definition) is 2. The normalized spacial score (nSPS) is 14.5. The molecular weight excluding hydrogens is 316 g/mol. The van der Waals surface area contributed by atoms with Crippen LogP contribution in [0.25, 0.3) is 0 Å². The molecule has 25 heavy (non-hydrogen) atoms. The van der Waals surface area contributed by atoms with Gasteiger partial charge in [0.15, 0.2) is 11.5 Å². The van der Waals surface area contributed by atoms with E-state index in [1.165, 1.54) is 6.92 Å². The lowest BCUT2D eigenvalue weighted by molar-refractivity contribution is -0.114. The van der Waals surface area contributed by atoms with E-state index in [0.29, 0.717) is 19.8 Å². The van der Waals surface area contributed by atoms with Crippen LogP contribution in [0.1, 0.15) is 37.4 Å². The first kappa shape index (κ1) is 17.3. The maximum Gasteiger partial charge on any atom is 0.221 e. The molecule has 0 radical (unpaired) electrons. The summed E-state index contributed by atoms with van der Waals surface area (Å²) < 4.78 is 11.6. The minimum absolute atomic E-state index is 0.0677. The molecule has 5 heteroatoms. The lowest BCUT2D eigenvalue weighted by atomic mass is 10.1. The van der Waals surface area contributed by atoms with Crippen molar-refractivity contribution < 1.29 is 14.3 Å². The van der Waals surface area contributed by atoms with Crippen molar-refractivity contribution in [2.45, 2.75) is 32.9 Å². The number of benzene rings is 2. The predicted octanol–water partition coefficient (Wildman–Crippen LogP) is 3.66. The Balaban J connectivity index is 1.69. The van der Waals surface area contributed by atoms with Crippen LogP contribution in [0.2, 0.25) is 0 Å². The number of amides is 1. The average Bonchev–Trinajstić information content (AvgIpc) is 2.85. The number of hydrogen-bond acceptors (Lipinski definition) is 4. The molecule has 2 N–H and O–H groups in total. The van der Waals surface area contributed by atoms with Gasteiger partial charge >= 0.3 is 0 Å². The second kappa shape index (κ2) is 8.03. The Hall–Kier alpha value is -2.53. The molecule has 132 valence electrons. The molecule has 0 saturated heterocycles. The largest absolute Gasteiger partial charge is 0.490 e. The van der Waals surface area contributed by atoms with Gasteiger partial charge in [-0.1, -0.05) is 24.3 Å². The number of ether oxygens (including phenoxy) is 2. The lowest BCUT2D eigenvalue weighted by Gasteiger charge is -2.18. The third kappa shape index (κ3) is 4.51. The van der Waals surface area contributed by atoms with Crippen molar-refractivity contribution in [2.75, 3.05) is 18.5 Å². The van der Waals surface area contributed by atoms with Crippen LogP contribution >= 0.6 is 0 Å². The molecule has 0 bridgehead atoms. The highest BCUT2D eigenvalue weighted by molar-refractivity contribution is 5.88. The van der Waals surface area contributed by atoms with E-state index < -0.39 is 0 Å².